The second-order valence-corrected chi connectivity index (χ2v) is 4.79. The van der Waals surface area contributed by atoms with Gasteiger partial charge in [0.1, 0.15) is 0 Å². The van der Waals surface area contributed by atoms with Crippen molar-refractivity contribution in [2.24, 2.45) is 0 Å². The lowest BCUT2D eigenvalue weighted by Crippen LogP contribution is -2.49. The van der Waals surface area contributed by atoms with Gasteiger partial charge < -0.3 is 5.32 Å². The van der Waals surface area contributed by atoms with Crippen LogP contribution >= 0.6 is 23.2 Å². The van der Waals surface area contributed by atoms with Gasteiger partial charge in [-0.3, -0.25) is 4.79 Å². The Morgan fingerprint density at radius 2 is 2.00 bits per heavy atom. The molecule has 0 bridgehead atoms. The van der Waals surface area contributed by atoms with Gasteiger partial charge in [-0.1, -0.05) is 31.5 Å². The molecule has 0 aliphatic heterocycles. The van der Waals surface area contributed by atoms with Crippen molar-refractivity contribution < 1.29 is 4.79 Å². The molecule has 17 heavy (non-hydrogen) atoms. The van der Waals surface area contributed by atoms with E-state index in [4.69, 9.17) is 23.2 Å². The molecule has 1 amide bonds. The number of carbonyl (C=O) groups excluding carboxylic acids is 1. The minimum atomic E-state index is -0.332. The van der Waals surface area contributed by atoms with Gasteiger partial charge in [-0.25, -0.2) is 0 Å². The van der Waals surface area contributed by atoms with Gasteiger partial charge in [0, 0.05) is 16.5 Å². The van der Waals surface area contributed by atoms with E-state index in [1.54, 1.807) is 24.3 Å². The third-order valence-electron chi connectivity index (χ3n) is 3.07. The highest BCUT2D eigenvalue weighted by Crippen LogP contribution is 2.18. The van der Waals surface area contributed by atoms with E-state index < -0.39 is 0 Å². The average Bonchev–Trinajstić information content (AvgIpc) is 2.36. The lowest BCUT2D eigenvalue weighted by atomic mass is 9.94. The summed E-state index contributed by atoms with van der Waals surface area (Å²) in [7, 11) is 0. The predicted octanol–water partition coefficient (Wildman–Crippen LogP) is 3.87. The van der Waals surface area contributed by atoms with Crippen molar-refractivity contribution in [2.45, 2.75) is 32.2 Å². The zero-order valence-electron chi connectivity index (χ0n) is 10.1. The number of amides is 1. The van der Waals surface area contributed by atoms with Crippen molar-refractivity contribution in [3.63, 3.8) is 0 Å². The first-order valence-corrected chi connectivity index (χ1v) is 6.62. The SMILES string of the molecule is CCC(CC)(CCl)NC(=O)c1cccc(Cl)c1. The van der Waals surface area contributed by atoms with Crippen molar-refractivity contribution in [1.29, 1.82) is 0 Å². The Bertz CT molecular complexity index is 380. The highest BCUT2D eigenvalue weighted by atomic mass is 35.5. The maximum atomic E-state index is 12.1. The molecule has 0 saturated carbocycles. The van der Waals surface area contributed by atoms with Crippen molar-refractivity contribution in [3.05, 3.63) is 34.9 Å². The Hall–Kier alpha value is -0.730. The van der Waals surface area contributed by atoms with E-state index in [0.29, 0.717) is 16.5 Å². The zero-order valence-corrected chi connectivity index (χ0v) is 11.6. The summed E-state index contributed by atoms with van der Waals surface area (Å²) in [6.07, 6.45) is 1.61. The summed E-state index contributed by atoms with van der Waals surface area (Å²) in [5.74, 6) is 0.281. The van der Waals surface area contributed by atoms with Gasteiger partial charge in [-0.2, -0.15) is 0 Å². The summed E-state index contributed by atoms with van der Waals surface area (Å²) in [4.78, 5) is 12.1. The third kappa shape index (κ3) is 3.62. The molecule has 4 heteroatoms. The molecule has 2 nitrogen and oxygen atoms in total. The quantitative estimate of drug-likeness (QED) is 0.811. The second kappa shape index (κ2) is 6.27. The average molecular weight is 274 g/mol. The van der Waals surface area contributed by atoms with Crippen LogP contribution in [0.25, 0.3) is 0 Å². The van der Waals surface area contributed by atoms with Gasteiger partial charge in [0.25, 0.3) is 5.91 Å². The van der Waals surface area contributed by atoms with E-state index >= 15 is 0 Å². The molecule has 1 rings (SSSR count). The Labute approximate surface area is 112 Å². The van der Waals surface area contributed by atoms with Crippen LogP contribution in [0.1, 0.15) is 37.0 Å². The maximum Gasteiger partial charge on any atom is 0.251 e. The molecule has 1 N–H and O–H groups in total. The minimum absolute atomic E-state index is 0.128. The monoisotopic (exact) mass is 273 g/mol. The maximum absolute atomic E-state index is 12.1. The van der Waals surface area contributed by atoms with Crippen LogP contribution in [0, 0.1) is 0 Å². The molecule has 1 aromatic rings. The highest BCUT2D eigenvalue weighted by Gasteiger charge is 2.27. The Kier molecular flexibility index (Phi) is 5.29. The van der Waals surface area contributed by atoms with Gasteiger partial charge in [0.05, 0.1) is 5.54 Å². The summed E-state index contributed by atoms with van der Waals surface area (Å²) in [6, 6.07) is 6.90. The minimum Gasteiger partial charge on any atom is -0.345 e. The zero-order chi connectivity index (χ0) is 12.9. The van der Waals surface area contributed by atoms with Crippen molar-refractivity contribution >= 4 is 29.1 Å². The van der Waals surface area contributed by atoms with Crippen molar-refractivity contribution in [1.82, 2.24) is 5.32 Å². The van der Waals surface area contributed by atoms with E-state index in [1.165, 1.54) is 0 Å². The fraction of sp³-hybridized carbons (Fsp3) is 0.462. The molecule has 0 fully saturated rings. The van der Waals surface area contributed by atoms with Crippen LogP contribution in [0.15, 0.2) is 24.3 Å². The molecule has 0 saturated heterocycles. The summed E-state index contributed by atoms with van der Waals surface area (Å²) in [5, 5.41) is 3.55. The molecule has 0 aliphatic rings. The molecule has 1 aromatic carbocycles. The molecule has 0 unspecified atom stereocenters. The standard InChI is InChI=1S/C13H17Cl2NO/c1-3-13(4-2,9-14)16-12(17)10-6-5-7-11(15)8-10/h5-8H,3-4,9H2,1-2H3,(H,16,17). The van der Waals surface area contributed by atoms with Gasteiger partial charge in [-0.05, 0) is 31.0 Å². The van der Waals surface area contributed by atoms with Crippen LogP contribution in [0.4, 0.5) is 0 Å². The highest BCUT2D eigenvalue weighted by molar-refractivity contribution is 6.31. The van der Waals surface area contributed by atoms with Crippen LogP contribution in [0.3, 0.4) is 0 Å². The molecular weight excluding hydrogens is 257 g/mol. The van der Waals surface area contributed by atoms with Crippen molar-refractivity contribution in [3.8, 4) is 0 Å². The first-order valence-electron chi connectivity index (χ1n) is 5.71. The number of halogens is 2. The third-order valence-corrected chi connectivity index (χ3v) is 3.82. The fourth-order valence-corrected chi connectivity index (χ4v) is 2.23. The van der Waals surface area contributed by atoms with E-state index in [-0.39, 0.29) is 11.4 Å². The van der Waals surface area contributed by atoms with Gasteiger partial charge >= 0.3 is 0 Å². The second-order valence-electron chi connectivity index (χ2n) is 4.09. The topological polar surface area (TPSA) is 29.1 Å². The smallest absolute Gasteiger partial charge is 0.251 e. The summed E-state index contributed by atoms with van der Waals surface area (Å²) in [5.41, 5.74) is 0.231. The lowest BCUT2D eigenvalue weighted by Gasteiger charge is -2.30. The van der Waals surface area contributed by atoms with Crippen LogP contribution in [0.5, 0.6) is 0 Å². The van der Waals surface area contributed by atoms with E-state index in [2.05, 4.69) is 5.32 Å². The first-order chi connectivity index (χ1) is 8.06. The van der Waals surface area contributed by atoms with E-state index in [9.17, 15) is 4.79 Å². The largest absolute Gasteiger partial charge is 0.345 e. The fourth-order valence-electron chi connectivity index (χ4n) is 1.59. The number of alkyl halides is 1. The molecule has 0 atom stereocenters. The predicted molar refractivity (Wildman–Crippen MR) is 73.0 cm³/mol. The summed E-state index contributed by atoms with van der Waals surface area (Å²) >= 11 is 11.8. The Morgan fingerprint density at radius 3 is 2.47 bits per heavy atom. The molecule has 0 aromatic heterocycles. The number of hydrogen-bond donors (Lipinski definition) is 1. The van der Waals surface area contributed by atoms with Gasteiger partial charge in [0.2, 0.25) is 0 Å². The van der Waals surface area contributed by atoms with Crippen LogP contribution in [-0.4, -0.2) is 17.3 Å². The van der Waals surface area contributed by atoms with Crippen LogP contribution in [-0.2, 0) is 0 Å². The van der Waals surface area contributed by atoms with Crippen LogP contribution < -0.4 is 5.32 Å². The van der Waals surface area contributed by atoms with E-state index in [1.807, 2.05) is 13.8 Å². The van der Waals surface area contributed by atoms with Gasteiger partial charge in [-0.15, -0.1) is 11.6 Å². The number of benzene rings is 1. The van der Waals surface area contributed by atoms with Crippen molar-refractivity contribution in [2.75, 3.05) is 5.88 Å². The Morgan fingerprint density at radius 1 is 1.35 bits per heavy atom. The number of nitrogens with one attached hydrogen (secondary N) is 1. The summed E-state index contributed by atoms with van der Waals surface area (Å²) < 4.78 is 0. The number of carbonyl (C=O) groups is 1. The van der Waals surface area contributed by atoms with Gasteiger partial charge in [0.15, 0.2) is 0 Å². The van der Waals surface area contributed by atoms with Crippen LogP contribution in [0.2, 0.25) is 5.02 Å². The number of rotatable bonds is 5. The molecule has 0 aliphatic carbocycles. The normalized spacial score (nSPS) is 11.3. The van der Waals surface area contributed by atoms with E-state index in [0.717, 1.165) is 12.8 Å². The summed E-state index contributed by atoms with van der Waals surface area (Å²) in [6.45, 7) is 4.04. The number of hydrogen-bond acceptors (Lipinski definition) is 1. The first kappa shape index (κ1) is 14.3. The molecule has 0 heterocycles. The molecule has 0 radical (unpaired) electrons. The lowest BCUT2D eigenvalue weighted by molar-refractivity contribution is 0.0902. The molecular formula is C13H17Cl2NO. The molecule has 94 valence electrons. The molecule has 0 spiro atoms. The Balaban J connectivity index is 2.84.